The Balaban J connectivity index is 1.94. The summed E-state index contributed by atoms with van der Waals surface area (Å²) in [7, 11) is 1.28. The molecule has 0 radical (unpaired) electrons. The largest absolute Gasteiger partial charge is 0.465 e. The minimum Gasteiger partial charge on any atom is -0.465 e. The van der Waals surface area contributed by atoms with Gasteiger partial charge in [-0.05, 0) is 30.7 Å². The van der Waals surface area contributed by atoms with E-state index in [0.717, 1.165) is 0 Å². The van der Waals surface area contributed by atoms with Gasteiger partial charge in [-0.3, -0.25) is 9.89 Å². The zero-order chi connectivity index (χ0) is 18.0. The normalized spacial score (nSPS) is 12.0. The van der Waals surface area contributed by atoms with Gasteiger partial charge in [-0.2, -0.15) is 5.10 Å². The highest BCUT2D eigenvalue weighted by Gasteiger charge is 2.18. The van der Waals surface area contributed by atoms with Crippen LogP contribution in [-0.2, 0) is 4.74 Å². The summed E-state index contributed by atoms with van der Waals surface area (Å²) in [6, 6.07) is 6.07. The molecule has 2 aromatic heterocycles. The second-order valence-electron chi connectivity index (χ2n) is 5.53. The average molecular weight is 339 g/mol. The molecule has 128 valence electrons. The summed E-state index contributed by atoms with van der Waals surface area (Å²) in [6.07, 6.45) is 3.15. The number of aromatic amines is 1. The maximum atomic E-state index is 12.6. The number of anilines is 1. The number of methoxy groups -OCH3 is 1. The fourth-order valence-electron chi connectivity index (χ4n) is 2.54. The quantitative estimate of drug-likeness (QED) is 0.625. The van der Waals surface area contributed by atoms with Crippen LogP contribution in [0.2, 0.25) is 0 Å². The first-order valence-corrected chi connectivity index (χ1v) is 7.58. The minimum absolute atomic E-state index is 0.272. The lowest BCUT2D eigenvalue weighted by Gasteiger charge is -2.13. The van der Waals surface area contributed by atoms with E-state index in [1.807, 2.05) is 0 Å². The lowest BCUT2D eigenvalue weighted by molar-refractivity contribution is 0.0599. The molecule has 0 unspecified atom stereocenters. The van der Waals surface area contributed by atoms with Crippen molar-refractivity contribution >= 4 is 28.6 Å². The van der Waals surface area contributed by atoms with Crippen molar-refractivity contribution < 1.29 is 14.3 Å². The number of nitrogens with two attached hydrogens (primary N) is 1. The van der Waals surface area contributed by atoms with Crippen LogP contribution in [0.1, 0.15) is 39.2 Å². The summed E-state index contributed by atoms with van der Waals surface area (Å²) in [5, 5.41) is 10.1. The lowest BCUT2D eigenvalue weighted by atomic mass is 9.99. The first kappa shape index (κ1) is 16.6. The highest BCUT2D eigenvalue weighted by Crippen LogP contribution is 2.22. The van der Waals surface area contributed by atoms with Gasteiger partial charge in [0.25, 0.3) is 5.91 Å². The number of hydrogen-bond donors (Lipinski definition) is 3. The van der Waals surface area contributed by atoms with E-state index in [1.165, 1.54) is 13.2 Å². The number of carbonyl (C=O) groups excluding carboxylic acids is 2. The summed E-state index contributed by atoms with van der Waals surface area (Å²) in [5.41, 5.74) is 8.23. The van der Waals surface area contributed by atoms with Gasteiger partial charge in [-0.15, -0.1) is 0 Å². The molecule has 0 saturated carbocycles. The molecule has 8 nitrogen and oxygen atoms in total. The minimum atomic E-state index is -0.539. The molecule has 2 heterocycles. The summed E-state index contributed by atoms with van der Waals surface area (Å²) in [6.45, 7) is 1.76. The van der Waals surface area contributed by atoms with E-state index in [1.54, 1.807) is 37.5 Å². The molecule has 0 saturated heterocycles. The molecular weight excluding hydrogens is 322 g/mol. The van der Waals surface area contributed by atoms with E-state index in [0.29, 0.717) is 27.8 Å². The number of rotatable bonds is 4. The molecule has 0 aliphatic heterocycles. The standard InChI is InChI=1S/C17H17N5O3/c1-9(18)11-4-3-10(7-12(11)17(24)25-2)16(23)21-14-5-6-19-15-13(14)8-20-22-15/h3-9H,18H2,1-2H3,(H2,19,20,21,22,23)/t9-/m1/s1. The Labute approximate surface area is 143 Å². The number of aromatic nitrogens is 3. The van der Waals surface area contributed by atoms with Crippen LogP contribution in [0.4, 0.5) is 5.69 Å². The zero-order valence-electron chi connectivity index (χ0n) is 13.7. The molecule has 3 rings (SSSR count). The molecule has 1 aromatic carbocycles. The molecule has 3 aromatic rings. The monoisotopic (exact) mass is 339 g/mol. The molecule has 0 aliphatic carbocycles. The number of carbonyl (C=O) groups is 2. The SMILES string of the molecule is COC(=O)c1cc(C(=O)Nc2ccnc3[nH]ncc23)ccc1[C@@H](C)N. The van der Waals surface area contributed by atoms with Crippen LogP contribution < -0.4 is 11.1 Å². The number of pyridine rings is 1. The number of nitrogens with one attached hydrogen (secondary N) is 2. The Morgan fingerprint density at radius 3 is 2.84 bits per heavy atom. The zero-order valence-corrected chi connectivity index (χ0v) is 13.7. The fourth-order valence-corrected chi connectivity index (χ4v) is 2.54. The Morgan fingerprint density at radius 1 is 1.32 bits per heavy atom. The molecule has 0 spiro atoms. The summed E-state index contributed by atoms with van der Waals surface area (Å²) in [5.74, 6) is -0.904. The molecule has 8 heteroatoms. The van der Waals surface area contributed by atoms with Crippen LogP contribution in [0.15, 0.2) is 36.7 Å². The number of ether oxygens (including phenoxy) is 1. The van der Waals surface area contributed by atoms with Crippen LogP contribution in [0.3, 0.4) is 0 Å². The van der Waals surface area contributed by atoms with Gasteiger partial charge in [-0.1, -0.05) is 6.07 Å². The van der Waals surface area contributed by atoms with Crippen molar-refractivity contribution in [2.45, 2.75) is 13.0 Å². The predicted molar refractivity (Wildman–Crippen MR) is 92.2 cm³/mol. The van der Waals surface area contributed by atoms with E-state index < -0.39 is 5.97 Å². The third kappa shape index (κ3) is 3.20. The van der Waals surface area contributed by atoms with Crippen molar-refractivity contribution in [2.24, 2.45) is 5.73 Å². The van der Waals surface area contributed by atoms with E-state index in [-0.39, 0.29) is 17.5 Å². The highest BCUT2D eigenvalue weighted by atomic mass is 16.5. The smallest absolute Gasteiger partial charge is 0.338 e. The van der Waals surface area contributed by atoms with Crippen molar-refractivity contribution in [3.8, 4) is 0 Å². The van der Waals surface area contributed by atoms with E-state index in [2.05, 4.69) is 20.5 Å². The van der Waals surface area contributed by atoms with E-state index in [9.17, 15) is 9.59 Å². The first-order chi connectivity index (χ1) is 12.0. The Hall–Kier alpha value is -3.26. The molecule has 4 N–H and O–H groups in total. The van der Waals surface area contributed by atoms with Crippen molar-refractivity contribution in [1.82, 2.24) is 15.2 Å². The predicted octanol–water partition coefficient (Wildman–Crippen LogP) is 2.02. The van der Waals surface area contributed by atoms with Gasteiger partial charge in [0.2, 0.25) is 0 Å². The van der Waals surface area contributed by atoms with Gasteiger partial charge >= 0.3 is 5.97 Å². The van der Waals surface area contributed by atoms with Gasteiger partial charge in [0.15, 0.2) is 5.65 Å². The number of nitrogens with zero attached hydrogens (tertiary/aromatic N) is 2. The third-order valence-corrected chi connectivity index (χ3v) is 3.81. The molecule has 0 fully saturated rings. The summed E-state index contributed by atoms with van der Waals surface area (Å²) in [4.78, 5) is 28.7. The second kappa shape index (κ2) is 6.70. The Kier molecular flexibility index (Phi) is 4.44. The number of esters is 1. The lowest BCUT2D eigenvalue weighted by Crippen LogP contribution is -2.17. The maximum Gasteiger partial charge on any atom is 0.338 e. The van der Waals surface area contributed by atoms with Gasteiger partial charge in [0.1, 0.15) is 0 Å². The van der Waals surface area contributed by atoms with Gasteiger partial charge in [0, 0.05) is 17.8 Å². The molecule has 1 amide bonds. The molecule has 1 atom stereocenters. The van der Waals surface area contributed by atoms with E-state index >= 15 is 0 Å². The number of hydrogen-bond acceptors (Lipinski definition) is 6. The van der Waals surface area contributed by atoms with Gasteiger partial charge in [0.05, 0.1) is 29.9 Å². The molecule has 25 heavy (non-hydrogen) atoms. The Morgan fingerprint density at radius 2 is 2.12 bits per heavy atom. The van der Waals surface area contributed by atoms with Crippen LogP contribution in [0.25, 0.3) is 11.0 Å². The highest BCUT2D eigenvalue weighted by molar-refractivity contribution is 6.09. The van der Waals surface area contributed by atoms with E-state index in [4.69, 9.17) is 10.5 Å². The number of amides is 1. The summed E-state index contributed by atoms with van der Waals surface area (Å²) >= 11 is 0. The van der Waals surface area contributed by atoms with Gasteiger partial charge in [-0.25, -0.2) is 9.78 Å². The number of fused-ring (bicyclic) bond motifs is 1. The average Bonchev–Trinajstić information content (AvgIpc) is 3.10. The fraction of sp³-hybridized carbons (Fsp3) is 0.176. The topological polar surface area (TPSA) is 123 Å². The van der Waals surface area contributed by atoms with Crippen molar-refractivity contribution in [3.05, 3.63) is 53.3 Å². The molecule has 0 aliphatic rings. The second-order valence-corrected chi connectivity index (χ2v) is 5.53. The first-order valence-electron chi connectivity index (χ1n) is 7.58. The third-order valence-electron chi connectivity index (χ3n) is 3.81. The van der Waals surface area contributed by atoms with Crippen LogP contribution in [0.5, 0.6) is 0 Å². The molecule has 0 bridgehead atoms. The van der Waals surface area contributed by atoms with Crippen LogP contribution in [-0.4, -0.2) is 34.2 Å². The van der Waals surface area contributed by atoms with Crippen molar-refractivity contribution in [2.75, 3.05) is 12.4 Å². The number of H-pyrrole nitrogens is 1. The Bertz CT molecular complexity index is 948. The molecular formula is C17H17N5O3. The number of benzene rings is 1. The van der Waals surface area contributed by atoms with Crippen LogP contribution in [0, 0.1) is 0 Å². The van der Waals surface area contributed by atoms with Crippen molar-refractivity contribution in [1.29, 1.82) is 0 Å². The van der Waals surface area contributed by atoms with Gasteiger partial charge < -0.3 is 15.8 Å². The van der Waals surface area contributed by atoms with Crippen LogP contribution >= 0.6 is 0 Å². The summed E-state index contributed by atoms with van der Waals surface area (Å²) < 4.78 is 4.78. The van der Waals surface area contributed by atoms with Crippen molar-refractivity contribution in [3.63, 3.8) is 0 Å². The maximum absolute atomic E-state index is 12.6.